The van der Waals surface area contributed by atoms with Crippen molar-refractivity contribution in [3.63, 3.8) is 0 Å². The molecule has 0 radical (unpaired) electrons. The van der Waals surface area contributed by atoms with E-state index < -0.39 is 0 Å². The van der Waals surface area contributed by atoms with Crippen LogP contribution < -0.4 is 0 Å². The van der Waals surface area contributed by atoms with E-state index in [4.69, 9.17) is 0 Å². The molecule has 0 aromatic heterocycles. The molecule has 1 fully saturated rings. The van der Waals surface area contributed by atoms with Crippen molar-refractivity contribution < 1.29 is 4.79 Å². The fourth-order valence-electron chi connectivity index (χ4n) is 2.58. The molecule has 1 heteroatoms. The third-order valence-corrected chi connectivity index (χ3v) is 3.85. The number of carbonyl (C=O) groups excluding carboxylic acids is 1. The first kappa shape index (κ1) is 12.1. The molecular weight excluding hydrogens is 208 g/mol. The number of allylic oxidation sites excluding steroid dienone is 1. The summed E-state index contributed by atoms with van der Waals surface area (Å²) in [6.07, 6.45) is 4.68. The van der Waals surface area contributed by atoms with Crippen LogP contribution in [-0.4, -0.2) is 5.78 Å². The van der Waals surface area contributed by atoms with Crippen molar-refractivity contribution in [2.45, 2.75) is 44.4 Å². The predicted molar refractivity (Wildman–Crippen MR) is 71.0 cm³/mol. The number of hydrogen-bond donors (Lipinski definition) is 0. The van der Waals surface area contributed by atoms with E-state index in [2.05, 4.69) is 18.7 Å². The van der Waals surface area contributed by atoms with Crippen molar-refractivity contribution >= 4 is 5.78 Å². The SMILES string of the molecule is C=C(C)CCC(=O)C1(c2ccccc2)CCC1. The van der Waals surface area contributed by atoms with E-state index >= 15 is 0 Å². The average molecular weight is 228 g/mol. The van der Waals surface area contributed by atoms with E-state index in [1.807, 2.05) is 25.1 Å². The van der Waals surface area contributed by atoms with Gasteiger partial charge in [0.15, 0.2) is 0 Å². The molecular formula is C16H20O. The largest absolute Gasteiger partial charge is 0.299 e. The van der Waals surface area contributed by atoms with Crippen LogP contribution in [0.5, 0.6) is 0 Å². The third kappa shape index (κ3) is 2.33. The minimum atomic E-state index is -0.170. The lowest BCUT2D eigenvalue weighted by molar-refractivity contribution is -0.127. The van der Waals surface area contributed by atoms with Crippen LogP contribution >= 0.6 is 0 Å². The standard InChI is InChI=1S/C16H20O/c1-13(2)9-10-15(17)16(11-6-12-16)14-7-4-3-5-8-14/h3-5,7-8H,1,6,9-12H2,2H3. The predicted octanol–water partition coefficient (Wildman–Crippen LogP) is 4.03. The zero-order chi connectivity index (χ0) is 12.3. The second-order valence-electron chi connectivity index (χ2n) is 5.18. The van der Waals surface area contributed by atoms with Crippen LogP contribution in [0, 0.1) is 0 Å². The lowest BCUT2D eigenvalue weighted by atomic mass is 9.61. The molecule has 0 aliphatic heterocycles. The van der Waals surface area contributed by atoms with E-state index in [9.17, 15) is 4.79 Å². The molecule has 17 heavy (non-hydrogen) atoms. The van der Waals surface area contributed by atoms with Gasteiger partial charge in [-0.3, -0.25) is 4.79 Å². The maximum absolute atomic E-state index is 12.4. The van der Waals surface area contributed by atoms with Crippen molar-refractivity contribution in [1.29, 1.82) is 0 Å². The molecule has 1 aliphatic rings. The smallest absolute Gasteiger partial charge is 0.143 e. The maximum atomic E-state index is 12.4. The second kappa shape index (κ2) is 4.87. The molecule has 0 amide bonds. The Morgan fingerprint density at radius 1 is 1.24 bits per heavy atom. The van der Waals surface area contributed by atoms with E-state index in [0.717, 1.165) is 24.8 Å². The number of Topliss-reactive ketones (excluding diaryl/α,β-unsaturated/α-hetero) is 1. The highest BCUT2D eigenvalue weighted by atomic mass is 16.1. The van der Waals surface area contributed by atoms with Gasteiger partial charge in [-0.2, -0.15) is 0 Å². The Balaban J connectivity index is 2.15. The Labute approximate surface area is 104 Å². The molecule has 1 aromatic rings. The van der Waals surface area contributed by atoms with Gasteiger partial charge in [0.2, 0.25) is 0 Å². The number of hydrogen-bond acceptors (Lipinski definition) is 1. The van der Waals surface area contributed by atoms with Crippen LogP contribution in [0.15, 0.2) is 42.5 Å². The topological polar surface area (TPSA) is 17.1 Å². The molecule has 1 nitrogen and oxygen atoms in total. The summed E-state index contributed by atoms with van der Waals surface area (Å²) in [7, 11) is 0. The first-order chi connectivity index (χ1) is 8.15. The van der Waals surface area contributed by atoms with Gasteiger partial charge < -0.3 is 0 Å². The molecule has 0 spiro atoms. The summed E-state index contributed by atoms with van der Waals surface area (Å²) in [4.78, 5) is 12.4. The number of carbonyl (C=O) groups is 1. The van der Waals surface area contributed by atoms with E-state index in [1.165, 1.54) is 12.0 Å². The minimum Gasteiger partial charge on any atom is -0.299 e. The van der Waals surface area contributed by atoms with E-state index in [1.54, 1.807) is 0 Å². The molecule has 90 valence electrons. The van der Waals surface area contributed by atoms with Gasteiger partial charge in [0.25, 0.3) is 0 Å². The van der Waals surface area contributed by atoms with Crippen LogP contribution in [0.25, 0.3) is 0 Å². The van der Waals surface area contributed by atoms with Crippen molar-refractivity contribution in [3.05, 3.63) is 48.0 Å². The summed E-state index contributed by atoms with van der Waals surface area (Å²) >= 11 is 0. The Morgan fingerprint density at radius 3 is 2.35 bits per heavy atom. The van der Waals surface area contributed by atoms with Crippen molar-refractivity contribution in [1.82, 2.24) is 0 Å². The molecule has 2 rings (SSSR count). The highest BCUT2D eigenvalue weighted by molar-refractivity contribution is 5.91. The Hall–Kier alpha value is -1.37. The Kier molecular flexibility index (Phi) is 3.46. The zero-order valence-electron chi connectivity index (χ0n) is 10.5. The first-order valence-electron chi connectivity index (χ1n) is 6.38. The molecule has 1 aromatic carbocycles. The van der Waals surface area contributed by atoms with Gasteiger partial charge in [-0.15, -0.1) is 6.58 Å². The van der Waals surface area contributed by atoms with Crippen molar-refractivity contribution in [2.75, 3.05) is 0 Å². The number of rotatable bonds is 5. The second-order valence-corrected chi connectivity index (χ2v) is 5.18. The average Bonchev–Trinajstić information content (AvgIpc) is 2.26. The van der Waals surface area contributed by atoms with E-state index in [-0.39, 0.29) is 5.41 Å². The fraction of sp³-hybridized carbons (Fsp3) is 0.438. The third-order valence-electron chi connectivity index (χ3n) is 3.85. The quantitative estimate of drug-likeness (QED) is 0.695. The van der Waals surface area contributed by atoms with Gasteiger partial charge in [-0.25, -0.2) is 0 Å². The fourth-order valence-corrected chi connectivity index (χ4v) is 2.58. The van der Waals surface area contributed by atoms with Crippen LogP contribution in [0.3, 0.4) is 0 Å². The lowest BCUT2D eigenvalue weighted by Crippen LogP contribution is -2.42. The van der Waals surface area contributed by atoms with Gasteiger partial charge in [0.05, 0.1) is 5.41 Å². The molecule has 1 saturated carbocycles. The number of benzene rings is 1. The van der Waals surface area contributed by atoms with Crippen LogP contribution in [0.1, 0.15) is 44.6 Å². The maximum Gasteiger partial charge on any atom is 0.143 e. The highest BCUT2D eigenvalue weighted by Gasteiger charge is 2.44. The highest BCUT2D eigenvalue weighted by Crippen LogP contribution is 2.45. The van der Waals surface area contributed by atoms with Gasteiger partial charge in [0.1, 0.15) is 5.78 Å². The summed E-state index contributed by atoms with van der Waals surface area (Å²) in [5.74, 6) is 0.401. The van der Waals surface area contributed by atoms with Crippen LogP contribution in [0.4, 0.5) is 0 Å². The molecule has 0 heterocycles. The summed E-state index contributed by atoms with van der Waals surface area (Å²) in [5.41, 5.74) is 2.13. The number of ketones is 1. The summed E-state index contributed by atoms with van der Waals surface area (Å²) in [5, 5.41) is 0. The van der Waals surface area contributed by atoms with Crippen LogP contribution in [0.2, 0.25) is 0 Å². The molecule has 0 unspecified atom stereocenters. The Bertz CT molecular complexity index is 412. The van der Waals surface area contributed by atoms with Gasteiger partial charge >= 0.3 is 0 Å². The molecule has 0 N–H and O–H groups in total. The van der Waals surface area contributed by atoms with Crippen LogP contribution in [-0.2, 0) is 10.2 Å². The first-order valence-corrected chi connectivity index (χ1v) is 6.38. The van der Waals surface area contributed by atoms with E-state index in [0.29, 0.717) is 12.2 Å². The summed E-state index contributed by atoms with van der Waals surface area (Å²) in [6, 6.07) is 10.3. The minimum absolute atomic E-state index is 0.170. The van der Waals surface area contributed by atoms with Gasteiger partial charge in [-0.1, -0.05) is 42.3 Å². The van der Waals surface area contributed by atoms with Gasteiger partial charge in [-0.05, 0) is 31.7 Å². The summed E-state index contributed by atoms with van der Waals surface area (Å²) < 4.78 is 0. The van der Waals surface area contributed by atoms with Gasteiger partial charge in [0, 0.05) is 6.42 Å². The Morgan fingerprint density at radius 2 is 1.88 bits per heavy atom. The van der Waals surface area contributed by atoms with Crippen molar-refractivity contribution in [2.24, 2.45) is 0 Å². The zero-order valence-corrected chi connectivity index (χ0v) is 10.5. The molecule has 0 atom stereocenters. The lowest BCUT2D eigenvalue weighted by Gasteiger charge is -2.41. The normalized spacial score (nSPS) is 17.2. The van der Waals surface area contributed by atoms with Crippen molar-refractivity contribution in [3.8, 4) is 0 Å². The molecule has 0 saturated heterocycles. The summed E-state index contributed by atoms with van der Waals surface area (Å²) in [6.45, 7) is 5.86. The monoisotopic (exact) mass is 228 g/mol. The molecule has 1 aliphatic carbocycles. The molecule has 0 bridgehead atoms.